The molecule has 0 amide bonds. The number of fused-ring (bicyclic) bond motifs is 1. The fourth-order valence-corrected chi connectivity index (χ4v) is 3.63. The lowest BCUT2D eigenvalue weighted by Crippen LogP contribution is -2.29. The number of ether oxygens (including phenoxy) is 3. The molecule has 9 heteroatoms. The van der Waals surface area contributed by atoms with Gasteiger partial charge in [0, 0.05) is 5.70 Å². The second-order valence-corrected chi connectivity index (χ2v) is 6.64. The Morgan fingerprint density at radius 2 is 2.11 bits per heavy atom. The second-order valence-electron chi connectivity index (χ2n) is 5.78. The van der Waals surface area contributed by atoms with E-state index in [1.165, 1.54) is 6.33 Å². The molecule has 8 nitrogen and oxygen atoms in total. The summed E-state index contributed by atoms with van der Waals surface area (Å²) in [6.45, 7) is 6.28. The fourth-order valence-electron chi connectivity index (χ4n) is 3.05. The highest BCUT2D eigenvalue weighted by Crippen LogP contribution is 2.42. The number of carbonyl (C=O) groups is 1. The minimum Gasteiger partial charge on any atom is -0.493 e. The molecular weight excluding hydrogens is 416 g/mol. The Morgan fingerprint density at radius 1 is 1.33 bits per heavy atom. The van der Waals surface area contributed by atoms with Gasteiger partial charge in [0.05, 0.1) is 30.4 Å². The minimum absolute atomic E-state index is 0.281. The molecule has 0 bridgehead atoms. The average molecular weight is 437 g/mol. The van der Waals surface area contributed by atoms with E-state index < -0.39 is 12.0 Å². The second kappa shape index (κ2) is 7.99. The minimum atomic E-state index is -0.510. The van der Waals surface area contributed by atoms with Crippen molar-refractivity contribution in [1.29, 1.82) is 0 Å². The Morgan fingerprint density at radius 3 is 2.78 bits per heavy atom. The number of hydrogen-bond donors (Lipinski definition) is 1. The molecule has 1 N–H and O–H groups in total. The fraction of sp³-hybridized carbons (Fsp3) is 0.389. The van der Waals surface area contributed by atoms with Crippen molar-refractivity contribution in [1.82, 2.24) is 14.8 Å². The first-order valence-corrected chi connectivity index (χ1v) is 9.35. The number of halogens is 1. The van der Waals surface area contributed by atoms with Crippen LogP contribution in [-0.4, -0.2) is 41.1 Å². The van der Waals surface area contributed by atoms with Gasteiger partial charge in [-0.05, 0) is 54.4 Å². The van der Waals surface area contributed by atoms with Crippen molar-refractivity contribution in [2.45, 2.75) is 26.8 Å². The monoisotopic (exact) mass is 436 g/mol. The Hall–Kier alpha value is -2.55. The number of methoxy groups -OCH3 is 1. The Kier molecular flexibility index (Phi) is 5.69. The molecule has 1 atom stereocenters. The maximum atomic E-state index is 12.7. The summed E-state index contributed by atoms with van der Waals surface area (Å²) in [5.41, 5.74) is 1.92. The molecule has 0 aliphatic carbocycles. The molecule has 2 aromatic rings. The summed E-state index contributed by atoms with van der Waals surface area (Å²) in [4.78, 5) is 16.9. The average Bonchev–Trinajstić information content (AvgIpc) is 3.10. The van der Waals surface area contributed by atoms with Gasteiger partial charge in [-0.1, -0.05) is 0 Å². The van der Waals surface area contributed by atoms with Crippen molar-refractivity contribution in [3.05, 3.63) is 39.8 Å². The van der Waals surface area contributed by atoms with E-state index in [4.69, 9.17) is 14.2 Å². The van der Waals surface area contributed by atoms with Crippen LogP contribution in [0.25, 0.3) is 0 Å². The summed E-state index contributed by atoms with van der Waals surface area (Å²) < 4.78 is 18.8. The molecule has 0 radical (unpaired) electrons. The van der Waals surface area contributed by atoms with E-state index in [0.29, 0.717) is 35.3 Å². The first kappa shape index (κ1) is 19.2. The molecule has 2 heterocycles. The molecule has 3 rings (SSSR count). The van der Waals surface area contributed by atoms with Crippen LogP contribution in [0.4, 0.5) is 5.95 Å². The molecule has 0 spiro atoms. The van der Waals surface area contributed by atoms with Gasteiger partial charge in [-0.3, -0.25) is 0 Å². The summed E-state index contributed by atoms with van der Waals surface area (Å²) in [5.74, 6) is 1.31. The van der Waals surface area contributed by atoms with Crippen molar-refractivity contribution in [2.24, 2.45) is 0 Å². The number of anilines is 1. The molecule has 0 unspecified atom stereocenters. The van der Waals surface area contributed by atoms with Crippen LogP contribution in [0.1, 0.15) is 32.4 Å². The van der Waals surface area contributed by atoms with E-state index in [-0.39, 0.29) is 6.61 Å². The van der Waals surface area contributed by atoms with Gasteiger partial charge in [0.15, 0.2) is 11.5 Å². The summed E-state index contributed by atoms with van der Waals surface area (Å²) in [7, 11) is 1.57. The number of rotatable bonds is 6. The quantitative estimate of drug-likeness (QED) is 0.694. The summed E-state index contributed by atoms with van der Waals surface area (Å²) >= 11 is 3.54. The third-order valence-corrected chi connectivity index (χ3v) is 4.73. The van der Waals surface area contributed by atoms with E-state index in [1.807, 2.05) is 26.0 Å². The highest BCUT2D eigenvalue weighted by Gasteiger charge is 2.35. The molecule has 1 aromatic carbocycles. The van der Waals surface area contributed by atoms with E-state index >= 15 is 0 Å². The summed E-state index contributed by atoms with van der Waals surface area (Å²) in [6, 6.07) is 3.22. The van der Waals surface area contributed by atoms with Crippen LogP contribution in [0.5, 0.6) is 11.5 Å². The van der Waals surface area contributed by atoms with E-state index in [1.54, 1.807) is 18.7 Å². The van der Waals surface area contributed by atoms with Crippen LogP contribution in [0, 0.1) is 0 Å². The molecule has 0 saturated carbocycles. The molecule has 144 valence electrons. The van der Waals surface area contributed by atoms with Gasteiger partial charge >= 0.3 is 5.97 Å². The van der Waals surface area contributed by atoms with Crippen molar-refractivity contribution < 1.29 is 19.0 Å². The first-order chi connectivity index (χ1) is 13.0. The zero-order valence-corrected chi connectivity index (χ0v) is 17.2. The lowest BCUT2D eigenvalue weighted by atomic mass is 9.95. The topological polar surface area (TPSA) is 87.5 Å². The van der Waals surface area contributed by atoms with Crippen molar-refractivity contribution in [3.8, 4) is 11.5 Å². The highest BCUT2D eigenvalue weighted by atomic mass is 79.9. The van der Waals surface area contributed by atoms with Crippen LogP contribution in [0.15, 0.2) is 34.2 Å². The largest absolute Gasteiger partial charge is 0.493 e. The van der Waals surface area contributed by atoms with E-state index in [2.05, 4.69) is 31.3 Å². The van der Waals surface area contributed by atoms with Gasteiger partial charge in [0.1, 0.15) is 12.4 Å². The summed E-state index contributed by atoms with van der Waals surface area (Å²) in [6.07, 6.45) is 1.44. The third-order valence-electron chi connectivity index (χ3n) is 4.15. The van der Waals surface area contributed by atoms with Gasteiger partial charge < -0.3 is 19.5 Å². The van der Waals surface area contributed by atoms with Gasteiger partial charge in [0.2, 0.25) is 5.95 Å². The third kappa shape index (κ3) is 3.51. The van der Waals surface area contributed by atoms with Crippen LogP contribution in [-0.2, 0) is 9.53 Å². The predicted molar refractivity (Wildman–Crippen MR) is 103 cm³/mol. The zero-order chi connectivity index (χ0) is 19.6. The Bertz CT molecular complexity index is 893. The number of nitrogens with one attached hydrogen (secondary N) is 1. The molecular formula is C18H21BrN4O4. The van der Waals surface area contributed by atoms with E-state index in [9.17, 15) is 4.79 Å². The highest BCUT2D eigenvalue weighted by molar-refractivity contribution is 9.10. The SMILES string of the molecule is CCOC(=O)C1=C(C)Nc2ncnn2[C@@H]1c1cc(Br)c(OCC)c(OC)c1. The van der Waals surface area contributed by atoms with Crippen LogP contribution in [0.2, 0.25) is 0 Å². The predicted octanol–water partition coefficient (Wildman–Crippen LogP) is 3.30. The first-order valence-electron chi connectivity index (χ1n) is 8.56. The molecule has 0 saturated heterocycles. The van der Waals surface area contributed by atoms with Crippen molar-refractivity contribution in [3.63, 3.8) is 0 Å². The standard InChI is InChI=1S/C18H21BrN4O4/c1-5-26-16-12(19)7-11(8-13(16)25-4)15-14(17(24)27-6-2)10(3)22-18-20-9-21-23(15)18/h7-9,15H,5-6H2,1-4H3,(H,20,21,22)/t15-/m1/s1. The lowest BCUT2D eigenvalue weighted by Gasteiger charge is -2.28. The van der Waals surface area contributed by atoms with Crippen molar-refractivity contribution in [2.75, 3.05) is 25.6 Å². The Balaban J connectivity index is 2.18. The Labute approximate surface area is 165 Å². The van der Waals surface area contributed by atoms with Gasteiger partial charge in [-0.25, -0.2) is 9.48 Å². The van der Waals surface area contributed by atoms with Crippen LogP contribution < -0.4 is 14.8 Å². The smallest absolute Gasteiger partial charge is 0.338 e. The normalized spacial score (nSPS) is 15.8. The van der Waals surface area contributed by atoms with Gasteiger partial charge in [-0.2, -0.15) is 10.1 Å². The summed E-state index contributed by atoms with van der Waals surface area (Å²) in [5, 5.41) is 7.40. The molecule has 0 fully saturated rings. The number of esters is 1. The van der Waals surface area contributed by atoms with E-state index in [0.717, 1.165) is 10.0 Å². The van der Waals surface area contributed by atoms with Crippen LogP contribution in [0.3, 0.4) is 0 Å². The number of benzene rings is 1. The molecule has 1 aliphatic heterocycles. The van der Waals surface area contributed by atoms with Gasteiger partial charge in [-0.15, -0.1) is 0 Å². The van der Waals surface area contributed by atoms with Crippen LogP contribution >= 0.6 is 15.9 Å². The number of aromatic nitrogens is 3. The maximum absolute atomic E-state index is 12.7. The van der Waals surface area contributed by atoms with Gasteiger partial charge in [0.25, 0.3) is 0 Å². The number of nitrogens with zero attached hydrogens (tertiary/aromatic N) is 3. The van der Waals surface area contributed by atoms with Crippen molar-refractivity contribution >= 4 is 27.8 Å². The number of carbonyl (C=O) groups excluding carboxylic acids is 1. The maximum Gasteiger partial charge on any atom is 0.338 e. The number of hydrogen-bond acceptors (Lipinski definition) is 7. The molecule has 1 aliphatic rings. The lowest BCUT2D eigenvalue weighted by molar-refractivity contribution is -0.139. The zero-order valence-electron chi connectivity index (χ0n) is 15.6. The molecule has 27 heavy (non-hydrogen) atoms. The number of allylic oxidation sites excluding steroid dienone is 1. The molecule has 1 aromatic heterocycles.